The van der Waals surface area contributed by atoms with Crippen molar-refractivity contribution in [2.24, 2.45) is 4.99 Å². The monoisotopic (exact) mass is 396 g/mol. The van der Waals surface area contributed by atoms with Crippen molar-refractivity contribution in [3.63, 3.8) is 0 Å². The summed E-state index contributed by atoms with van der Waals surface area (Å²) in [6.45, 7) is 10.2. The van der Waals surface area contributed by atoms with Gasteiger partial charge in [0.1, 0.15) is 5.75 Å². The molecule has 0 bridgehead atoms. The molecule has 0 amide bonds. The number of anilines is 1. The van der Waals surface area contributed by atoms with Crippen molar-refractivity contribution in [3.05, 3.63) is 48.3 Å². The van der Waals surface area contributed by atoms with Crippen molar-refractivity contribution in [1.29, 1.82) is 0 Å². The summed E-state index contributed by atoms with van der Waals surface area (Å²) in [6, 6.07) is 10.2. The SMILES string of the molecule is CCCOc1cccc(CCN=C(NCC)N2CCN(c3ncccn3)CC2)c1. The second kappa shape index (κ2) is 11.2. The molecule has 0 atom stereocenters. The zero-order valence-electron chi connectivity index (χ0n) is 17.5. The molecule has 2 aromatic rings. The molecule has 1 aromatic carbocycles. The van der Waals surface area contributed by atoms with Crippen LogP contribution in [-0.4, -0.2) is 66.7 Å². The first kappa shape index (κ1) is 20.9. The lowest BCUT2D eigenvalue weighted by molar-refractivity contribution is 0.317. The highest BCUT2D eigenvalue weighted by Gasteiger charge is 2.20. The van der Waals surface area contributed by atoms with Gasteiger partial charge in [-0.3, -0.25) is 4.99 Å². The van der Waals surface area contributed by atoms with Crippen LogP contribution in [0.5, 0.6) is 5.75 Å². The first-order valence-electron chi connectivity index (χ1n) is 10.6. The zero-order valence-corrected chi connectivity index (χ0v) is 17.5. The molecule has 1 N–H and O–H groups in total. The molecular formula is C22H32N6O. The van der Waals surface area contributed by atoms with Crippen molar-refractivity contribution < 1.29 is 4.74 Å². The molecule has 1 fully saturated rings. The lowest BCUT2D eigenvalue weighted by Gasteiger charge is -2.36. The first-order valence-corrected chi connectivity index (χ1v) is 10.6. The summed E-state index contributed by atoms with van der Waals surface area (Å²) < 4.78 is 5.73. The van der Waals surface area contributed by atoms with Crippen molar-refractivity contribution in [3.8, 4) is 5.75 Å². The van der Waals surface area contributed by atoms with Gasteiger partial charge >= 0.3 is 0 Å². The average molecular weight is 397 g/mol. The Balaban J connectivity index is 1.54. The number of nitrogens with zero attached hydrogens (tertiary/aromatic N) is 5. The number of nitrogens with one attached hydrogen (secondary N) is 1. The highest BCUT2D eigenvalue weighted by molar-refractivity contribution is 5.80. The van der Waals surface area contributed by atoms with E-state index in [1.807, 2.05) is 12.1 Å². The molecule has 29 heavy (non-hydrogen) atoms. The number of hydrogen-bond acceptors (Lipinski definition) is 5. The molecule has 0 aliphatic carbocycles. The van der Waals surface area contributed by atoms with E-state index < -0.39 is 0 Å². The average Bonchev–Trinajstić information content (AvgIpc) is 2.78. The van der Waals surface area contributed by atoms with Crippen LogP contribution in [0.1, 0.15) is 25.8 Å². The minimum atomic E-state index is 0.752. The van der Waals surface area contributed by atoms with Crippen molar-refractivity contribution in [2.45, 2.75) is 26.7 Å². The molecule has 0 unspecified atom stereocenters. The maximum absolute atomic E-state index is 5.73. The Morgan fingerprint density at radius 2 is 1.90 bits per heavy atom. The summed E-state index contributed by atoms with van der Waals surface area (Å²) >= 11 is 0. The molecule has 1 aliphatic rings. The van der Waals surface area contributed by atoms with Gasteiger partial charge in [-0.25, -0.2) is 9.97 Å². The van der Waals surface area contributed by atoms with E-state index in [0.29, 0.717) is 0 Å². The fourth-order valence-electron chi connectivity index (χ4n) is 3.30. The summed E-state index contributed by atoms with van der Waals surface area (Å²) in [5.74, 6) is 2.73. The number of rotatable bonds is 8. The lowest BCUT2D eigenvalue weighted by Crippen LogP contribution is -2.53. The van der Waals surface area contributed by atoms with Crippen LogP contribution in [-0.2, 0) is 6.42 Å². The highest BCUT2D eigenvalue weighted by Crippen LogP contribution is 2.14. The normalized spacial score (nSPS) is 14.8. The van der Waals surface area contributed by atoms with Gasteiger partial charge in [-0.05, 0) is 43.5 Å². The maximum Gasteiger partial charge on any atom is 0.225 e. The summed E-state index contributed by atoms with van der Waals surface area (Å²) in [4.78, 5) is 18.1. The fraction of sp³-hybridized carbons (Fsp3) is 0.500. The fourth-order valence-corrected chi connectivity index (χ4v) is 3.30. The number of hydrogen-bond donors (Lipinski definition) is 1. The molecular weight excluding hydrogens is 364 g/mol. The topological polar surface area (TPSA) is 65.9 Å². The quantitative estimate of drug-likeness (QED) is 0.547. The molecule has 3 rings (SSSR count). The Morgan fingerprint density at radius 1 is 1.10 bits per heavy atom. The largest absolute Gasteiger partial charge is 0.494 e. The molecule has 0 radical (unpaired) electrons. The molecule has 1 aromatic heterocycles. The van der Waals surface area contributed by atoms with Gasteiger partial charge in [-0.15, -0.1) is 0 Å². The third-order valence-corrected chi connectivity index (χ3v) is 4.78. The van der Waals surface area contributed by atoms with Gasteiger partial charge in [0.15, 0.2) is 5.96 Å². The molecule has 1 saturated heterocycles. The first-order chi connectivity index (χ1) is 14.3. The minimum Gasteiger partial charge on any atom is -0.494 e. The number of ether oxygens (including phenoxy) is 1. The summed E-state index contributed by atoms with van der Waals surface area (Å²) in [6.07, 6.45) is 5.51. The van der Waals surface area contributed by atoms with E-state index in [-0.39, 0.29) is 0 Å². The number of aromatic nitrogens is 2. The van der Waals surface area contributed by atoms with Gasteiger partial charge in [0.25, 0.3) is 0 Å². The number of benzene rings is 1. The molecule has 7 nitrogen and oxygen atoms in total. The van der Waals surface area contributed by atoms with Gasteiger partial charge in [0.05, 0.1) is 6.61 Å². The third kappa shape index (κ3) is 6.34. The zero-order chi connectivity index (χ0) is 20.3. The van der Waals surface area contributed by atoms with Crippen LogP contribution in [0.25, 0.3) is 0 Å². The summed E-state index contributed by atoms with van der Waals surface area (Å²) in [5, 5.41) is 3.43. The summed E-state index contributed by atoms with van der Waals surface area (Å²) in [5.41, 5.74) is 1.25. The van der Waals surface area contributed by atoms with E-state index in [1.165, 1.54) is 5.56 Å². The van der Waals surface area contributed by atoms with E-state index in [4.69, 9.17) is 9.73 Å². The van der Waals surface area contributed by atoms with Crippen LogP contribution in [0.3, 0.4) is 0 Å². The number of piperazine rings is 1. The van der Waals surface area contributed by atoms with E-state index in [2.05, 4.69) is 57.1 Å². The lowest BCUT2D eigenvalue weighted by atomic mass is 10.1. The number of guanidine groups is 1. The van der Waals surface area contributed by atoms with Gasteiger partial charge in [0.2, 0.25) is 5.95 Å². The van der Waals surface area contributed by atoms with Crippen LogP contribution >= 0.6 is 0 Å². The van der Waals surface area contributed by atoms with Crippen molar-refractivity contribution >= 4 is 11.9 Å². The molecule has 0 saturated carbocycles. The molecule has 7 heteroatoms. The van der Waals surface area contributed by atoms with Crippen LogP contribution in [0, 0.1) is 0 Å². The van der Waals surface area contributed by atoms with Gasteiger partial charge < -0.3 is 19.9 Å². The summed E-state index contributed by atoms with van der Waals surface area (Å²) in [7, 11) is 0. The maximum atomic E-state index is 5.73. The molecule has 1 aliphatic heterocycles. The van der Waals surface area contributed by atoms with E-state index in [0.717, 1.165) is 76.4 Å². The van der Waals surface area contributed by atoms with Crippen molar-refractivity contribution in [1.82, 2.24) is 20.2 Å². The minimum absolute atomic E-state index is 0.752. The van der Waals surface area contributed by atoms with E-state index >= 15 is 0 Å². The smallest absolute Gasteiger partial charge is 0.225 e. The predicted octanol–water partition coefficient (Wildman–Crippen LogP) is 2.60. The van der Waals surface area contributed by atoms with Crippen LogP contribution < -0.4 is 15.0 Å². The van der Waals surface area contributed by atoms with E-state index in [1.54, 1.807) is 12.4 Å². The molecule has 156 valence electrons. The highest BCUT2D eigenvalue weighted by atomic mass is 16.5. The second-order valence-electron chi connectivity index (χ2n) is 7.00. The predicted molar refractivity (Wildman–Crippen MR) is 118 cm³/mol. The Hall–Kier alpha value is -2.83. The Bertz CT molecular complexity index is 759. The number of aliphatic imine (C=N–C) groups is 1. The second-order valence-corrected chi connectivity index (χ2v) is 7.00. The van der Waals surface area contributed by atoms with Crippen molar-refractivity contribution in [2.75, 3.05) is 50.8 Å². The standard InChI is InChI=1S/C22H32N6O/c1-3-17-29-20-8-5-7-19(18-20)9-12-26-21(23-4-2)27-13-15-28(16-14-27)22-24-10-6-11-25-22/h5-8,10-11,18H,3-4,9,12-17H2,1-2H3,(H,23,26). The Labute approximate surface area is 173 Å². The van der Waals surface area contributed by atoms with Gasteiger partial charge in [0, 0.05) is 51.7 Å². The Kier molecular flexibility index (Phi) is 8.10. The van der Waals surface area contributed by atoms with Crippen LogP contribution in [0.4, 0.5) is 5.95 Å². The molecule has 2 heterocycles. The van der Waals surface area contributed by atoms with E-state index in [9.17, 15) is 0 Å². The van der Waals surface area contributed by atoms with Crippen LogP contribution in [0.2, 0.25) is 0 Å². The molecule has 0 spiro atoms. The third-order valence-electron chi connectivity index (χ3n) is 4.78. The van der Waals surface area contributed by atoms with Gasteiger partial charge in [-0.1, -0.05) is 19.1 Å². The van der Waals surface area contributed by atoms with Crippen LogP contribution in [0.15, 0.2) is 47.7 Å². The Morgan fingerprint density at radius 3 is 2.62 bits per heavy atom. The van der Waals surface area contributed by atoms with Gasteiger partial charge in [-0.2, -0.15) is 0 Å².